The SMILES string of the molecule is CCNC(Cc1csc2ccccc12)C1CCOC1C. The van der Waals surface area contributed by atoms with E-state index in [2.05, 4.69) is 48.8 Å². The predicted molar refractivity (Wildman–Crippen MR) is 86.5 cm³/mol. The van der Waals surface area contributed by atoms with Crippen LogP contribution in [0.15, 0.2) is 29.6 Å². The molecular formula is C17H23NOS. The van der Waals surface area contributed by atoms with Crippen molar-refractivity contribution < 1.29 is 4.74 Å². The van der Waals surface area contributed by atoms with Crippen molar-refractivity contribution in [2.24, 2.45) is 5.92 Å². The summed E-state index contributed by atoms with van der Waals surface area (Å²) in [7, 11) is 0. The monoisotopic (exact) mass is 289 g/mol. The van der Waals surface area contributed by atoms with E-state index >= 15 is 0 Å². The van der Waals surface area contributed by atoms with Crippen molar-refractivity contribution in [2.75, 3.05) is 13.2 Å². The summed E-state index contributed by atoms with van der Waals surface area (Å²) < 4.78 is 7.16. The predicted octanol–water partition coefficient (Wildman–Crippen LogP) is 3.85. The molecule has 1 aliphatic heterocycles. The lowest BCUT2D eigenvalue weighted by atomic mass is 9.88. The van der Waals surface area contributed by atoms with Crippen molar-refractivity contribution >= 4 is 21.4 Å². The number of hydrogen-bond acceptors (Lipinski definition) is 3. The number of ether oxygens (including phenoxy) is 1. The van der Waals surface area contributed by atoms with Gasteiger partial charge in [-0.3, -0.25) is 0 Å². The van der Waals surface area contributed by atoms with Crippen molar-refractivity contribution in [3.05, 3.63) is 35.2 Å². The first-order chi connectivity index (χ1) is 9.79. The van der Waals surface area contributed by atoms with Crippen LogP contribution in [0.3, 0.4) is 0 Å². The Balaban J connectivity index is 1.82. The van der Waals surface area contributed by atoms with E-state index in [-0.39, 0.29) is 0 Å². The molecular weight excluding hydrogens is 266 g/mol. The second-order valence-corrected chi connectivity index (χ2v) is 6.57. The number of hydrogen-bond donors (Lipinski definition) is 1. The molecule has 1 fully saturated rings. The van der Waals surface area contributed by atoms with E-state index in [0.717, 1.165) is 19.6 Å². The Morgan fingerprint density at radius 3 is 3.00 bits per heavy atom. The van der Waals surface area contributed by atoms with Crippen LogP contribution in [-0.2, 0) is 11.2 Å². The normalized spacial score (nSPS) is 24.3. The highest BCUT2D eigenvalue weighted by Gasteiger charge is 2.31. The van der Waals surface area contributed by atoms with Crippen molar-refractivity contribution in [1.82, 2.24) is 5.32 Å². The van der Waals surface area contributed by atoms with E-state index in [1.807, 2.05) is 11.3 Å². The van der Waals surface area contributed by atoms with Gasteiger partial charge >= 0.3 is 0 Å². The molecule has 0 bridgehead atoms. The number of rotatable bonds is 5. The maximum atomic E-state index is 5.76. The first-order valence-electron chi connectivity index (χ1n) is 7.59. The zero-order valence-electron chi connectivity index (χ0n) is 12.3. The molecule has 3 rings (SSSR count). The van der Waals surface area contributed by atoms with Gasteiger partial charge in [0.1, 0.15) is 0 Å². The Bertz CT molecular complexity index is 565. The van der Waals surface area contributed by atoms with Gasteiger partial charge in [-0.1, -0.05) is 25.1 Å². The maximum Gasteiger partial charge on any atom is 0.0590 e. The standard InChI is InChI=1S/C17H23NOS/c1-3-18-16(14-8-9-19-12(14)2)10-13-11-20-17-7-5-4-6-15(13)17/h4-7,11-12,14,16,18H,3,8-10H2,1-2H3. The lowest BCUT2D eigenvalue weighted by molar-refractivity contribution is 0.0956. The highest BCUT2D eigenvalue weighted by Crippen LogP contribution is 2.30. The maximum absolute atomic E-state index is 5.76. The van der Waals surface area contributed by atoms with Gasteiger partial charge in [0.25, 0.3) is 0 Å². The highest BCUT2D eigenvalue weighted by atomic mass is 32.1. The molecule has 0 spiro atoms. The van der Waals surface area contributed by atoms with Gasteiger partial charge in [-0.2, -0.15) is 0 Å². The van der Waals surface area contributed by atoms with Crippen molar-refractivity contribution in [3.8, 4) is 0 Å². The van der Waals surface area contributed by atoms with Crippen LogP contribution >= 0.6 is 11.3 Å². The van der Waals surface area contributed by atoms with Crippen LogP contribution < -0.4 is 5.32 Å². The van der Waals surface area contributed by atoms with Gasteiger partial charge in [0.05, 0.1) is 6.10 Å². The van der Waals surface area contributed by atoms with E-state index in [4.69, 9.17) is 4.74 Å². The number of likely N-dealkylation sites (N-methyl/N-ethyl adjacent to an activating group) is 1. The third-order valence-electron chi connectivity index (χ3n) is 4.42. The number of thiophene rings is 1. The Morgan fingerprint density at radius 1 is 1.40 bits per heavy atom. The summed E-state index contributed by atoms with van der Waals surface area (Å²) in [5.41, 5.74) is 1.48. The molecule has 3 unspecified atom stereocenters. The second kappa shape index (κ2) is 6.25. The smallest absolute Gasteiger partial charge is 0.0590 e. The van der Waals surface area contributed by atoms with Crippen LogP contribution in [-0.4, -0.2) is 25.3 Å². The van der Waals surface area contributed by atoms with E-state index in [1.165, 1.54) is 22.1 Å². The molecule has 108 valence electrons. The summed E-state index contributed by atoms with van der Waals surface area (Å²) in [6, 6.07) is 9.25. The molecule has 3 atom stereocenters. The Hall–Kier alpha value is -0.900. The van der Waals surface area contributed by atoms with Crippen molar-refractivity contribution in [1.29, 1.82) is 0 Å². The summed E-state index contributed by atoms with van der Waals surface area (Å²) in [6.45, 7) is 6.35. The lowest BCUT2D eigenvalue weighted by Crippen LogP contribution is -2.40. The van der Waals surface area contributed by atoms with Crippen LogP contribution in [0.5, 0.6) is 0 Å². The van der Waals surface area contributed by atoms with Crippen LogP contribution in [0.1, 0.15) is 25.8 Å². The minimum Gasteiger partial charge on any atom is -0.378 e. The first-order valence-corrected chi connectivity index (χ1v) is 8.47. The molecule has 1 aliphatic rings. The molecule has 2 heterocycles. The van der Waals surface area contributed by atoms with Gasteiger partial charge in [0.15, 0.2) is 0 Å². The Morgan fingerprint density at radius 2 is 2.25 bits per heavy atom. The van der Waals surface area contributed by atoms with Crippen LogP contribution in [0.2, 0.25) is 0 Å². The molecule has 2 nitrogen and oxygen atoms in total. The third kappa shape index (κ3) is 2.76. The van der Waals surface area contributed by atoms with Crippen LogP contribution in [0, 0.1) is 5.92 Å². The molecule has 1 saturated heterocycles. The topological polar surface area (TPSA) is 21.3 Å². The first kappa shape index (κ1) is 14.1. The molecule has 1 aromatic heterocycles. The zero-order chi connectivity index (χ0) is 13.9. The third-order valence-corrected chi connectivity index (χ3v) is 5.43. The lowest BCUT2D eigenvalue weighted by Gasteiger charge is -2.26. The molecule has 0 radical (unpaired) electrons. The van der Waals surface area contributed by atoms with Gasteiger partial charge < -0.3 is 10.1 Å². The summed E-state index contributed by atoms with van der Waals surface area (Å²) in [5, 5.41) is 7.43. The average molecular weight is 289 g/mol. The summed E-state index contributed by atoms with van der Waals surface area (Å²) in [4.78, 5) is 0. The van der Waals surface area contributed by atoms with Gasteiger partial charge in [-0.15, -0.1) is 11.3 Å². The fourth-order valence-corrected chi connectivity index (χ4v) is 4.32. The quantitative estimate of drug-likeness (QED) is 0.903. The second-order valence-electron chi connectivity index (χ2n) is 5.65. The van der Waals surface area contributed by atoms with E-state index < -0.39 is 0 Å². The Kier molecular flexibility index (Phi) is 4.39. The molecule has 0 aliphatic carbocycles. The molecule has 1 aromatic carbocycles. The van der Waals surface area contributed by atoms with E-state index in [9.17, 15) is 0 Å². The van der Waals surface area contributed by atoms with Crippen molar-refractivity contribution in [2.45, 2.75) is 38.8 Å². The molecule has 1 N–H and O–H groups in total. The zero-order valence-corrected chi connectivity index (χ0v) is 13.1. The number of benzene rings is 1. The molecule has 2 aromatic rings. The molecule has 0 amide bonds. The molecule has 0 saturated carbocycles. The fraction of sp³-hybridized carbons (Fsp3) is 0.529. The summed E-state index contributed by atoms with van der Waals surface area (Å²) >= 11 is 1.86. The summed E-state index contributed by atoms with van der Waals surface area (Å²) in [5.74, 6) is 0.633. The van der Waals surface area contributed by atoms with Crippen LogP contribution in [0.4, 0.5) is 0 Å². The largest absolute Gasteiger partial charge is 0.378 e. The molecule has 3 heteroatoms. The summed E-state index contributed by atoms with van der Waals surface area (Å²) in [6.07, 6.45) is 2.67. The number of fused-ring (bicyclic) bond motifs is 1. The van der Waals surface area contributed by atoms with E-state index in [0.29, 0.717) is 18.1 Å². The van der Waals surface area contributed by atoms with Crippen LogP contribution in [0.25, 0.3) is 10.1 Å². The average Bonchev–Trinajstić information content (AvgIpc) is 3.05. The van der Waals surface area contributed by atoms with E-state index in [1.54, 1.807) is 0 Å². The van der Waals surface area contributed by atoms with Gasteiger partial charge in [0.2, 0.25) is 0 Å². The minimum atomic E-state index is 0.379. The molecule has 20 heavy (non-hydrogen) atoms. The highest BCUT2D eigenvalue weighted by molar-refractivity contribution is 7.17. The minimum absolute atomic E-state index is 0.379. The van der Waals surface area contributed by atoms with Gasteiger partial charge in [-0.05, 0) is 48.7 Å². The fourth-order valence-electron chi connectivity index (χ4n) is 3.34. The van der Waals surface area contributed by atoms with Crippen molar-refractivity contribution in [3.63, 3.8) is 0 Å². The van der Waals surface area contributed by atoms with Gasteiger partial charge in [-0.25, -0.2) is 0 Å². The van der Waals surface area contributed by atoms with Gasteiger partial charge in [0, 0.05) is 23.3 Å². The Labute approximate surface area is 125 Å². The number of nitrogens with one attached hydrogen (secondary N) is 1.